The molecular weight excluding hydrogens is 319 g/mol. The van der Waals surface area contributed by atoms with Crippen LogP contribution in [0.25, 0.3) is 0 Å². The number of carboxylic acids is 1. The van der Waals surface area contributed by atoms with E-state index in [0.29, 0.717) is 12.0 Å². The molecule has 0 bridgehead atoms. The summed E-state index contributed by atoms with van der Waals surface area (Å²) in [5, 5.41) is 9.26. The molecule has 1 heterocycles. The van der Waals surface area contributed by atoms with Gasteiger partial charge in [-0.15, -0.1) is 11.3 Å². The largest absolute Gasteiger partial charge is 0.481 e. The van der Waals surface area contributed by atoms with Crippen LogP contribution in [0.4, 0.5) is 4.39 Å². The first-order valence-electron chi connectivity index (χ1n) is 5.29. The second-order valence-corrected chi connectivity index (χ2v) is 6.40. The lowest BCUT2D eigenvalue weighted by molar-refractivity contribution is -0.138. The summed E-state index contributed by atoms with van der Waals surface area (Å²) in [6.45, 7) is 0. The van der Waals surface area contributed by atoms with E-state index in [1.807, 2.05) is 12.1 Å². The molecule has 0 aliphatic heterocycles. The highest BCUT2D eigenvalue weighted by Gasteiger charge is 2.21. The highest BCUT2D eigenvalue weighted by Crippen LogP contribution is 2.28. The summed E-state index contributed by atoms with van der Waals surface area (Å²) in [5.74, 6) is -1.90. The quantitative estimate of drug-likeness (QED) is 0.918. The number of hydrogen-bond acceptors (Lipinski definition) is 2. The molecule has 2 nitrogen and oxygen atoms in total. The van der Waals surface area contributed by atoms with Gasteiger partial charge in [-0.25, -0.2) is 4.39 Å². The van der Waals surface area contributed by atoms with Gasteiger partial charge in [0.25, 0.3) is 0 Å². The van der Waals surface area contributed by atoms with Gasteiger partial charge in [0.05, 0.1) is 9.70 Å². The maximum atomic E-state index is 12.8. The first kappa shape index (κ1) is 13.2. The Morgan fingerprint density at radius 1 is 1.28 bits per heavy atom. The molecule has 5 heteroatoms. The monoisotopic (exact) mass is 328 g/mol. The van der Waals surface area contributed by atoms with E-state index in [-0.39, 0.29) is 5.82 Å². The van der Waals surface area contributed by atoms with Crippen molar-refractivity contribution in [3.05, 3.63) is 56.4 Å². The van der Waals surface area contributed by atoms with E-state index < -0.39 is 11.9 Å². The van der Waals surface area contributed by atoms with Gasteiger partial charge in [0.2, 0.25) is 0 Å². The third-order valence-electron chi connectivity index (χ3n) is 2.60. The molecule has 1 N–H and O–H groups in total. The summed E-state index contributed by atoms with van der Waals surface area (Å²) in [6.07, 6.45) is 0.414. The van der Waals surface area contributed by atoms with Crippen LogP contribution in [0.1, 0.15) is 16.4 Å². The number of rotatable bonds is 4. The van der Waals surface area contributed by atoms with Crippen molar-refractivity contribution >= 4 is 33.2 Å². The van der Waals surface area contributed by atoms with Crippen LogP contribution in [0.2, 0.25) is 0 Å². The molecule has 0 saturated heterocycles. The normalized spacial score (nSPS) is 12.3. The lowest BCUT2D eigenvalue weighted by Crippen LogP contribution is -2.13. The predicted octanol–water partition coefficient (Wildman–Crippen LogP) is 4.06. The first-order valence-corrected chi connectivity index (χ1v) is 6.89. The minimum atomic E-state index is -0.897. The number of carboxylic acid groups (broad SMARTS) is 1. The SMILES string of the molecule is O=C(O)C(Cc1ccc(Br)s1)c1ccc(F)cc1. The van der Waals surface area contributed by atoms with Crippen LogP contribution in [0.5, 0.6) is 0 Å². The van der Waals surface area contributed by atoms with Crippen LogP contribution >= 0.6 is 27.3 Å². The smallest absolute Gasteiger partial charge is 0.311 e. The van der Waals surface area contributed by atoms with E-state index in [1.54, 1.807) is 0 Å². The Bertz CT molecular complexity index is 550. The molecule has 1 aromatic heterocycles. The third kappa shape index (κ3) is 3.17. The molecule has 0 aliphatic rings. The maximum absolute atomic E-state index is 12.8. The number of benzene rings is 1. The molecule has 0 fully saturated rings. The molecule has 2 aromatic rings. The fourth-order valence-electron chi connectivity index (χ4n) is 1.71. The highest BCUT2D eigenvalue weighted by atomic mass is 79.9. The fraction of sp³-hybridized carbons (Fsp3) is 0.154. The van der Waals surface area contributed by atoms with E-state index in [4.69, 9.17) is 0 Å². The number of thiophene rings is 1. The van der Waals surface area contributed by atoms with Gasteiger partial charge in [-0.3, -0.25) is 4.79 Å². The van der Waals surface area contributed by atoms with Gasteiger partial charge in [0, 0.05) is 4.88 Å². The Kier molecular flexibility index (Phi) is 4.14. The van der Waals surface area contributed by atoms with Crippen molar-refractivity contribution in [2.24, 2.45) is 0 Å². The molecule has 0 saturated carbocycles. The van der Waals surface area contributed by atoms with Crippen molar-refractivity contribution in [3.63, 3.8) is 0 Å². The van der Waals surface area contributed by atoms with Crippen LogP contribution in [-0.2, 0) is 11.2 Å². The van der Waals surface area contributed by atoms with E-state index in [2.05, 4.69) is 15.9 Å². The molecule has 0 radical (unpaired) electrons. The third-order valence-corrected chi connectivity index (χ3v) is 4.25. The van der Waals surface area contributed by atoms with Crippen molar-refractivity contribution in [2.75, 3.05) is 0 Å². The van der Waals surface area contributed by atoms with Gasteiger partial charge in [-0.2, -0.15) is 0 Å². The molecular formula is C13H10BrFO2S. The lowest BCUT2D eigenvalue weighted by atomic mass is 9.95. The Morgan fingerprint density at radius 2 is 1.94 bits per heavy atom. The van der Waals surface area contributed by atoms with Crippen molar-refractivity contribution in [1.82, 2.24) is 0 Å². The number of carbonyl (C=O) groups is 1. The topological polar surface area (TPSA) is 37.3 Å². The second kappa shape index (κ2) is 5.63. The zero-order valence-electron chi connectivity index (χ0n) is 9.27. The molecule has 1 unspecified atom stereocenters. The van der Waals surface area contributed by atoms with Crippen LogP contribution < -0.4 is 0 Å². The molecule has 18 heavy (non-hydrogen) atoms. The van der Waals surface area contributed by atoms with Gasteiger partial charge in [-0.1, -0.05) is 12.1 Å². The number of hydrogen-bond donors (Lipinski definition) is 1. The molecule has 2 rings (SSSR count). The Labute approximate surface area is 116 Å². The second-order valence-electron chi connectivity index (χ2n) is 3.85. The lowest BCUT2D eigenvalue weighted by Gasteiger charge is -2.11. The Hall–Kier alpha value is -1.20. The fourth-order valence-corrected chi connectivity index (χ4v) is 3.23. The van der Waals surface area contributed by atoms with Gasteiger partial charge in [0.15, 0.2) is 0 Å². The highest BCUT2D eigenvalue weighted by molar-refractivity contribution is 9.11. The average molecular weight is 329 g/mol. The molecule has 1 aromatic carbocycles. The van der Waals surface area contributed by atoms with E-state index in [9.17, 15) is 14.3 Å². The van der Waals surface area contributed by atoms with E-state index in [0.717, 1.165) is 8.66 Å². The maximum Gasteiger partial charge on any atom is 0.311 e. The minimum Gasteiger partial charge on any atom is -0.481 e. The molecule has 0 spiro atoms. The van der Waals surface area contributed by atoms with Gasteiger partial charge in [0.1, 0.15) is 5.82 Å². The summed E-state index contributed by atoms with van der Waals surface area (Å²) < 4.78 is 13.8. The Balaban J connectivity index is 2.23. The summed E-state index contributed by atoms with van der Waals surface area (Å²) in [7, 11) is 0. The summed E-state index contributed by atoms with van der Waals surface area (Å²) in [6, 6.07) is 9.41. The zero-order valence-corrected chi connectivity index (χ0v) is 11.7. The van der Waals surface area contributed by atoms with Crippen LogP contribution in [-0.4, -0.2) is 11.1 Å². The molecule has 94 valence electrons. The van der Waals surface area contributed by atoms with Crippen LogP contribution in [0.3, 0.4) is 0 Å². The van der Waals surface area contributed by atoms with E-state index in [1.165, 1.54) is 35.6 Å². The molecule has 1 atom stereocenters. The standard InChI is InChI=1S/C13H10BrFO2S/c14-12-6-5-10(18-12)7-11(13(16)17)8-1-3-9(15)4-2-8/h1-6,11H,7H2,(H,16,17). The van der Waals surface area contributed by atoms with Crippen LogP contribution in [0.15, 0.2) is 40.2 Å². The summed E-state index contributed by atoms with van der Waals surface area (Å²) >= 11 is 4.86. The first-order chi connectivity index (χ1) is 8.56. The predicted molar refractivity (Wildman–Crippen MR) is 72.5 cm³/mol. The minimum absolute atomic E-state index is 0.359. The summed E-state index contributed by atoms with van der Waals surface area (Å²) in [5.41, 5.74) is 0.619. The number of halogens is 2. The molecule has 0 amide bonds. The van der Waals surface area contributed by atoms with Crippen molar-refractivity contribution < 1.29 is 14.3 Å². The zero-order chi connectivity index (χ0) is 13.1. The summed E-state index contributed by atoms with van der Waals surface area (Å²) in [4.78, 5) is 12.3. The van der Waals surface area contributed by atoms with Crippen molar-refractivity contribution in [1.29, 1.82) is 0 Å². The Morgan fingerprint density at radius 3 is 2.44 bits per heavy atom. The van der Waals surface area contributed by atoms with Gasteiger partial charge in [-0.05, 0) is 52.2 Å². The number of aliphatic carboxylic acids is 1. The van der Waals surface area contributed by atoms with Gasteiger partial charge >= 0.3 is 5.97 Å². The van der Waals surface area contributed by atoms with Crippen molar-refractivity contribution in [2.45, 2.75) is 12.3 Å². The van der Waals surface area contributed by atoms with E-state index >= 15 is 0 Å². The molecule has 0 aliphatic carbocycles. The average Bonchev–Trinajstić information content (AvgIpc) is 2.73. The van der Waals surface area contributed by atoms with Crippen molar-refractivity contribution in [3.8, 4) is 0 Å². The van der Waals surface area contributed by atoms with Gasteiger partial charge < -0.3 is 5.11 Å². The van der Waals surface area contributed by atoms with Crippen LogP contribution in [0, 0.1) is 5.82 Å².